The van der Waals surface area contributed by atoms with E-state index in [2.05, 4.69) is 12.2 Å². The molecule has 5 nitrogen and oxygen atoms in total. The Kier molecular flexibility index (Phi) is 18.6. The molecule has 0 aromatic rings. The maximum Gasteiger partial charge on any atom is 0.330 e. The van der Waals surface area contributed by atoms with Crippen LogP contribution in [0.25, 0.3) is 0 Å². The fraction of sp³-hybridized carbons (Fsp3) is 0.810. The first-order valence-corrected chi connectivity index (χ1v) is 10.5. The third-order valence-electron chi connectivity index (χ3n) is 4.39. The molecule has 0 aliphatic heterocycles. The largest absolute Gasteiger partial charge is 0.463 e. The first-order chi connectivity index (χ1) is 12.7. The van der Waals surface area contributed by atoms with Crippen molar-refractivity contribution in [3.8, 4) is 0 Å². The van der Waals surface area contributed by atoms with Crippen LogP contribution in [0.4, 0.5) is 4.79 Å². The molecule has 0 saturated carbocycles. The highest BCUT2D eigenvalue weighted by molar-refractivity contribution is 5.82. The van der Waals surface area contributed by atoms with Gasteiger partial charge in [0.15, 0.2) is 0 Å². The Morgan fingerprint density at radius 3 is 1.73 bits per heavy atom. The van der Waals surface area contributed by atoms with E-state index in [-0.39, 0.29) is 12.5 Å². The third-order valence-corrected chi connectivity index (χ3v) is 4.39. The molecule has 0 heterocycles. The van der Waals surface area contributed by atoms with E-state index in [1.807, 2.05) is 0 Å². The molecule has 5 heteroatoms. The summed E-state index contributed by atoms with van der Waals surface area (Å²) < 4.78 is 5.09. The zero-order chi connectivity index (χ0) is 19.3. The second kappa shape index (κ2) is 19.8. The summed E-state index contributed by atoms with van der Waals surface area (Å²) >= 11 is 0. The molecule has 0 aliphatic carbocycles. The van der Waals surface area contributed by atoms with Gasteiger partial charge in [-0.25, -0.2) is 9.59 Å². The van der Waals surface area contributed by atoms with Crippen LogP contribution in [0.3, 0.4) is 0 Å². The minimum atomic E-state index is -0.606. The smallest absolute Gasteiger partial charge is 0.330 e. The predicted molar refractivity (Wildman–Crippen MR) is 108 cm³/mol. The number of esters is 1. The molecule has 152 valence electrons. The molecule has 2 amide bonds. The summed E-state index contributed by atoms with van der Waals surface area (Å²) in [5.41, 5.74) is 4.91. The lowest BCUT2D eigenvalue weighted by Gasteiger charge is -2.04. The van der Waals surface area contributed by atoms with Crippen LogP contribution < -0.4 is 11.1 Å². The number of primary amides is 1. The van der Waals surface area contributed by atoms with E-state index >= 15 is 0 Å². The van der Waals surface area contributed by atoms with Crippen LogP contribution in [0, 0.1) is 0 Å². The predicted octanol–water partition coefficient (Wildman–Crippen LogP) is 5.24. The van der Waals surface area contributed by atoms with Crippen LogP contribution in [-0.2, 0) is 9.53 Å². The lowest BCUT2D eigenvalue weighted by atomic mass is 10.0. The van der Waals surface area contributed by atoms with Crippen molar-refractivity contribution in [3.63, 3.8) is 0 Å². The molecule has 0 saturated heterocycles. The monoisotopic (exact) mass is 368 g/mol. The van der Waals surface area contributed by atoms with Crippen molar-refractivity contribution in [3.05, 3.63) is 12.2 Å². The molecule has 0 unspecified atom stereocenters. The average molecular weight is 369 g/mol. The highest BCUT2D eigenvalue weighted by Crippen LogP contribution is 2.12. The van der Waals surface area contributed by atoms with E-state index in [0.717, 1.165) is 12.8 Å². The number of carbonyl (C=O) groups is 2. The highest BCUT2D eigenvalue weighted by Gasteiger charge is 1.97. The Hall–Kier alpha value is -1.52. The van der Waals surface area contributed by atoms with Gasteiger partial charge in [-0.1, -0.05) is 96.5 Å². The molecule has 0 aliphatic rings. The van der Waals surface area contributed by atoms with E-state index in [4.69, 9.17) is 10.5 Å². The Morgan fingerprint density at radius 1 is 0.808 bits per heavy atom. The number of urea groups is 1. The first kappa shape index (κ1) is 24.5. The number of ether oxygens (including phenoxy) is 1. The van der Waals surface area contributed by atoms with E-state index in [9.17, 15) is 9.59 Å². The van der Waals surface area contributed by atoms with Gasteiger partial charge in [0.1, 0.15) is 0 Å². The molecular weight excluding hydrogens is 328 g/mol. The van der Waals surface area contributed by atoms with E-state index in [0.29, 0.717) is 6.61 Å². The lowest BCUT2D eigenvalue weighted by molar-refractivity contribution is -0.137. The normalized spacial score (nSPS) is 11.0. The number of nitrogens with one attached hydrogen (secondary N) is 1. The maximum atomic E-state index is 11.4. The molecule has 0 radical (unpaired) electrons. The molecule has 0 bridgehead atoms. The first-order valence-electron chi connectivity index (χ1n) is 10.5. The molecule has 0 aromatic carbocycles. The van der Waals surface area contributed by atoms with Crippen LogP contribution in [0.15, 0.2) is 12.2 Å². The fourth-order valence-corrected chi connectivity index (χ4v) is 2.83. The average Bonchev–Trinajstić information content (AvgIpc) is 2.62. The van der Waals surface area contributed by atoms with Crippen LogP contribution in [0.5, 0.6) is 0 Å². The van der Waals surface area contributed by atoms with Gasteiger partial charge in [0.2, 0.25) is 0 Å². The summed E-state index contributed by atoms with van der Waals surface area (Å²) in [6, 6.07) is -0.606. The van der Waals surface area contributed by atoms with Crippen molar-refractivity contribution in [2.24, 2.45) is 5.73 Å². The number of carbonyl (C=O) groups excluding carboxylic acids is 2. The molecule has 0 aromatic heterocycles. The summed E-state index contributed by atoms with van der Waals surface area (Å²) in [7, 11) is 0. The molecular formula is C21H40N2O3. The number of hydrogen-bond donors (Lipinski definition) is 2. The lowest BCUT2D eigenvalue weighted by Crippen LogP contribution is -2.29. The summed E-state index contributed by atoms with van der Waals surface area (Å²) in [6.07, 6.45) is 21.2. The number of rotatable bonds is 18. The fourth-order valence-electron chi connectivity index (χ4n) is 2.83. The SMILES string of the molecule is CCCCCCCCCCCCCCCCOC(=O)C=CCNC(N)=O. The zero-order valence-electron chi connectivity index (χ0n) is 16.8. The van der Waals surface area contributed by atoms with Gasteiger partial charge in [0, 0.05) is 12.6 Å². The molecule has 0 atom stereocenters. The van der Waals surface area contributed by atoms with Crippen molar-refractivity contribution >= 4 is 12.0 Å². The maximum absolute atomic E-state index is 11.4. The number of nitrogens with two attached hydrogens (primary N) is 1. The topological polar surface area (TPSA) is 81.4 Å². The van der Waals surface area contributed by atoms with Gasteiger partial charge in [0.25, 0.3) is 0 Å². The van der Waals surface area contributed by atoms with Gasteiger partial charge < -0.3 is 15.8 Å². The van der Waals surface area contributed by atoms with Crippen LogP contribution in [0.2, 0.25) is 0 Å². The van der Waals surface area contributed by atoms with Crippen LogP contribution >= 0.6 is 0 Å². The standard InChI is InChI=1S/C21H40N2O3/c1-2-3-4-5-6-7-8-9-10-11-12-13-14-15-19-26-20(24)17-16-18-23-21(22)25/h16-17H,2-15,18-19H2,1H3,(H3,22,23,25). The van der Waals surface area contributed by atoms with Gasteiger partial charge in [-0.3, -0.25) is 0 Å². The molecule has 0 rings (SSSR count). The molecule has 0 spiro atoms. The summed E-state index contributed by atoms with van der Waals surface area (Å²) in [5.74, 6) is -0.369. The van der Waals surface area contributed by atoms with Crippen molar-refractivity contribution in [1.82, 2.24) is 5.32 Å². The zero-order valence-corrected chi connectivity index (χ0v) is 16.8. The Labute approximate surface area is 160 Å². The Morgan fingerprint density at radius 2 is 1.27 bits per heavy atom. The van der Waals surface area contributed by atoms with E-state index in [1.165, 1.54) is 89.2 Å². The third kappa shape index (κ3) is 20.5. The summed E-state index contributed by atoms with van der Waals surface area (Å²) in [4.78, 5) is 21.8. The number of unbranched alkanes of at least 4 members (excludes halogenated alkanes) is 13. The van der Waals surface area contributed by atoms with Gasteiger partial charge in [-0.15, -0.1) is 0 Å². The van der Waals surface area contributed by atoms with Crippen molar-refractivity contribution in [1.29, 1.82) is 0 Å². The molecule has 3 N–H and O–H groups in total. The number of hydrogen-bond acceptors (Lipinski definition) is 3. The Balaban J connectivity index is 3.19. The second-order valence-corrected chi connectivity index (χ2v) is 6.91. The highest BCUT2D eigenvalue weighted by atomic mass is 16.5. The molecule has 26 heavy (non-hydrogen) atoms. The van der Waals surface area contributed by atoms with Crippen molar-refractivity contribution in [2.75, 3.05) is 13.2 Å². The van der Waals surface area contributed by atoms with Gasteiger partial charge in [0.05, 0.1) is 6.61 Å². The quantitative estimate of drug-likeness (QED) is 0.197. The summed E-state index contributed by atoms with van der Waals surface area (Å²) in [5, 5.41) is 2.37. The molecule has 0 fully saturated rings. The van der Waals surface area contributed by atoms with E-state index in [1.54, 1.807) is 0 Å². The van der Waals surface area contributed by atoms with Gasteiger partial charge in [-0.2, -0.15) is 0 Å². The van der Waals surface area contributed by atoms with Crippen molar-refractivity contribution in [2.45, 2.75) is 96.8 Å². The van der Waals surface area contributed by atoms with Crippen LogP contribution in [-0.4, -0.2) is 25.2 Å². The summed E-state index contributed by atoms with van der Waals surface area (Å²) in [6.45, 7) is 2.96. The van der Waals surface area contributed by atoms with E-state index < -0.39 is 6.03 Å². The second-order valence-electron chi connectivity index (χ2n) is 6.91. The van der Waals surface area contributed by atoms with Gasteiger partial charge in [-0.05, 0) is 6.42 Å². The van der Waals surface area contributed by atoms with Crippen LogP contribution in [0.1, 0.15) is 96.8 Å². The minimum absolute atomic E-state index is 0.239. The Bertz CT molecular complexity index is 370. The van der Waals surface area contributed by atoms with Gasteiger partial charge >= 0.3 is 12.0 Å². The number of amides is 2. The van der Waals surface area contributed by atoms with Crippen molar-refractivity contribution < 1.29 is 14.3 Å². The minimum Gasteiger partial charge on any atom is -0.463 e.